The predicted molar refractivity (Wildman–Crippen MR) is 109 cm³/mol. The summed E-state index contributed by atoms with van der Waals surface area (Å²) in [7, 11) is 1.61. The van der Waals surface area contributed by atoms with E-state index in [9.17, 15) is 9.90 Å². The summed E-state index contributed by atoms with van der Waals surface area (Å²) in [6.45, 7) is 3.75. The lowest BCUT2D eigenvalue weighted by Crippen LogP contribution is -2.56. The van der Waals surface area contributed by atoms with Crippen LogP contribution in [0.15, 0.2) is 18.2 Å². The maximum Gasteiger partial charge on any atom is 0.222 e. The molecule has 2 saturated heterocycles. The molecule has 4 rings (SSSR count). The van der Waals surface area contributed by atoms with Crippen LogP contribution in [0.2, 0.25) is 0 Å². The first-order chi connectivity index (χ1) is 13.6. The number of hydrogen-bond donors (Lipinski definition) is 1. The second-order valence-electron chi connectivity index (χ2n) is 8.93. The van der Waals surface area contributed by atoms with Gasteiger partial charge in [-0.2, -0.15) is 0 Å². The number of fused-ring (bicyclic) bond motifs is 1. The molecule has 2 aliphatic heterocycles. The minimum atomic E-state index is 0.305. The second-order valence-corrected chi connectivity index (χ2v) is 8.93. The SMILES string of the molecule is COc1ccc(CN2CC[C@@H]3[C@@H](CCC(=O)N3CC3CCCCC3)C2)c(O)c1. The van der Waals surface area contributed by atoms with Crippen LogP contribution < -0.4 is 4.74 Å². The van der Waals surface area contributed by atoms with E-state index in [1.165, 1.54) is 32.1 Å². The van der Waals surface area contributed by atoms with Gasteiger partial charge in [0.15, 0.2) is 0 Å². The normalized spacial score (nSPS) is 26.9. The number of piperidine rings is 2. The number of phenolic OH excluding ortho intramolecular Hbond substituents is 1. The summed E-state index contributed by atoms with van der Waals surface area (Å²) >= 11 is 0. The number of rotatable bonds is 5. The highest BCUT2D eigenvalue weighted by molar-refractivity contribution is 5.77. The summed E-state index contributed by atoms with van der Waals surface area (Å²) in [4.78, 5) is 17.4. The second kappa shape index (κ2) is 8.73. The van der Waals surface area contributed by atoms with Crippen LogP contribution in [0.5, 0.6) is 11.5 Å². The van der Waals surface area contributed by atoms with Gasteiger partial charge in [0.25, 0.3) is 0 Å². The zero-order valence-electron chi connectivity index (χ0n) is 17.1. The number of nitrogens with zero attached hydrogens (tertiary/aromatic N) is 2. The Hall–Kier alpha value is -1.75. The van der Waals surface area contributed by atoms with Crippen LogP contribution in [0.4, 0.5) is 0 Å². The Labute approximate surface area is 168 Å². The number of benzene rings is 1. The van der Waals surface area contributed by atoms with Gasteiger partial charge in [-0.25, -0.2) is 0 Å². The molecular formula is C23H34N2O3. The highest BCUT2D eigenvalue weighted by Crippen LogP contribution is 2.35. The lowest BCUT2D eigenvalue weighted by molar-refractivity contribution is -0.142. The number of methoxy groups -OCH3 is 1. The average molecular weight is 387 g/mol. The zero-order chi connectivity index (χ0) is 19.5. The van der Waals surface area contributed by atoms with E-state index in [0.717, 1.165) is 44.6 Å². The lowest BCUT2D eigenvalue weighted by Gasteiger charge is -2.48. The number of phenols is 1. The Morgan fingerprint density at radius 2 is 1.96 bits per heavy atom. The lowest BCUT2D eigenvalue weighted by atomic mass is 9.81. The van der Waals surface area contributed by atoms with E-state index in [0.29, 0.717) is 41.7 Å². The molecule has 0 spiro atoms. The maximum absolute atomic E-state index is 12.7. The monoisotopic (exact) mass is 386 g/mol. The van der Waals surface area contributed by atoms with E-state index < -0.39 is 0 Å². The Morgan fingerprint density at radius 3 is 2.71 bits per heavy atom. The largest absolute Gasteiger partial charge is 0.507 e. The van der Waals surface area contributed by atoms with Crippen molar-refractivity contribution in [2.45, 2.75) is 64.0 Å². The molecular weight excluding hydrogens is 352 g/mol. The third-order valence-corrected chi connectivity index (χ3v) is 7.09. The summed E-state index contributed by atoms with van der Waals surface area (Å²) in [5.74, 6) is 2.65. The smallest absolute Gasteiger partial charge is 0.222 e. The van der Waals surface area contributed by atoms with Crippen molar-refractivity contribution in [3.63, 3.8) is 0 Å². The minimum absolute atomic E-state index is 0.305. The number of aromatic hydroxyl groups is 1. The molecule has 3 aliphatic rings. The molecule has 2 atom stereocenters. The van der Waals surface area contributed by atoms with Gasteiger partial charge in [0.1, 0.15) is 11.5 Å². The van der Waals surface area contributed by atoms with E-state index in [1.807, 2.05) is 12.1 Å². The van der Waals surface area contributed by atoms with Crippen LogP contribution in [-0.2, 0) is 11.3 Å². The van der Waals surface area contributed by atoms with Gasteiger partial charge in [-0.05, 0) is 43.6 Å². The number of carbonyl (C=O) groups excluding carboxylic acids is 1. The van der Waals surface area contributed by atoms with Gasteiger partial charge in [-0.1, -0.05) is 25.3 Å². The van der Waals surface area contributed by atoms with Gasteiger partial charge in [-0.15, -0.1) is 0 Å². The van der Waals surface area contributed by atoms with Crippen molar-refractivity contribution in [3.05, 3.63) is 23.8 Å². The molecule has 1 aromatic rings. The fraction of sp³-hybridized carbons (Fsp3) is 0.696. The number of hydrogen-bond acceptors (Lipinski definition) is 4. The van der Waals surface area contributed by atoms with Crippen LogP contribution in [-0.4, -0.2) is 53.6 Å². The van der Waals surface area contributed by atoms with Crippen LogP contribution in [0.3, 0.4) is 0 Å². The first kappa shape index (κ1) is 19.6. The van der Waals surface area contributed by atoms with Crippen molar-refractivity contribution in [1.29, 1.82) is 0 Å². The van der Waals surface area contributed by atoms with E-state index >= 15 is 0 Å². The first-order valence-corrected chi connectivity index (χ1v) is 11.0. The molecule has 5 nitrogen and oxygen atoms in total. The van der Waals surface area contributed by atoms with Crippen LogP contribution >= 0.6 is 0 Å². The van der Waals surface area contributed by atoms with Gasteiger partial charge in [0.05, 0.1) is 7.11 Å². The van der Waals surface area contributed by atoms with Crippen molar-refractivity contribution in [2.24, 2.45) is 11.8 Å². The summed E-state index contributed by atoms with van der Waals surface area (Å²) in [5.41, 5.74) is 0.949. The molecule has 1 aromatic carbocycles. The number of ether oxygens (including phenoxy) is 1. The van der Waals surface area contributed by atoms with Crippen molar-refractivity contribution < 1.29 is 14.6 Å². The Bertz CT molecular complexity index is 686. The van der Waals surface area contributed by atoms with E-state index in [2.05, 4.69) is 9.80 Å². The molecule has 1 saturated carbocycles. The molecule has 1 N–H and O–H groups in total. The van der Waals surface area contributed by atoms with Gasteiger partial charge < -0.3 is 14.7 Å². The molecule has 0 aromatic heterocycles. The quantitative estimate of drug-likeness (QED) is 0.836. The van der Waals surface area contributed by atoms with Crippen molar-refractivity contribution in [3.8, 4) is 11.5 Å². The molecule has 1 amide bonds. The zero-order valence-corrected chi connectivity index (χ0v) is 17.1. The number of amides is 1. The molecule has 154 valence electrons. The Kier molecular flexibility index (Phi) is 6.10. The summed E-state index contributed by atoms with van der Waals surface area (Å²) in [6, 6.07) is 5.98. The average Bonchev–Trinajstić information content (AvgIpc) is 2.72. The standard InChI is InChI=1S/C23H34N2O3/c1-28-20-9-7-19(22(26)13-20)16-24-12-11-21-18(15-24)8-10-23(27)25(21)14-17-5-3-2-4-6-17/h7,9,13,17-18,21,26H,2-6,8,10-12,14-16H2,1H3/t18-,21+/m0/s1. The van der Waals surface area contributed by atoms with Gasteiger partial charge in [0.2, 0.25) is 5.91 Å². The van der Waals surface area contributed by atoms with Gasteiger partial charge in [-0.3, -0.25) is 9.69 Å². The minimum Gasteiger partial charge on any atom is -0.507 e. The Balaban J connectivity index is 1.38. The van der Waals surface area contributed by atoms with Crippen molar-refractivity contribution >= 4 is 5.91 Å². The first-order valence-electron chi connectivity index (χ1n) is 11.0. The van der Waals surface area contributed by atoms with Crippen LogP contribution in [0, 0.1) is 11.8 Å². The Morgan fingerprint density at radius 1 is 1.14 bits per heavy atom. The summed E-state index contributed by atoms with van der Waals surface area (Å²) < 4.78 is 5.18. The fourth-order valence-corrected chi connectivity index (χ4v) is 5.50. The maximum atomic E-state index is 12.7. The molecule has 0 radical (unpaired) electrons. The van der Waals surface area contributed by atoms with E-state index in [4.69, 9.17) is 4.74 Å². The molecule has 1 aliphatic carbocycles. The van der Waals surface area contributed by atoms with Gasteiger partial charge in [0, 0.05) is 50.3 Å². The predicted octanol–water partition coefficient (Wildman–Crippen LogP) is 3.79. The molecule has 3 fully saturated rings. The van der Waals surface area contributed by atoms with Crippen molar-refractivity contribution in [1.82, 2.24) is 9.80 Å². The van der Waals surface area contributed by atoms with Crippen LogP contribution in [0.1, 0.15) is 56.9 Å². The molecule has 5 heteroatoms. The van der Waals surface area contributed by atoms with Gasteiger partial charge >= 0.3 is 0 Å². The van der Waals surface area contributed by atoms with E-state index in [1.54, 1.807) is 13.2 Å². The highest BCUT2D eigenvalue weighted by Gasteiger charge is 2.40. The van der Waals surface area contributed by atoms with E-state index in [-0.39, 0.29) is 0 Å². The third kappa shape index (κ3) is 4.29. The summed E-state index contributed by atoms with van der Waals surface area (Å²) in [6.07, 6.45) is 9.39. The summed E-state index contributed by atoms with van der Waals surface area (Å²) in [5, 5.41) is 10.3. The van der Waals surface area contributed by atoms with Crippen molar-refractivity contribution in [2.75, 3.05) is 26.7 Å². The topological polar surface area (TPSA) is 53.0 Å². The molecule has 2 heterocycles. The fourth-order valence-electron chi connectivity index (χ4n) is 5.50. The highest BCUT2D eigenvalue weighted by atomic mass is 16.5. The number of likely N-dealkylation sites (tertiary alicyclic amines) is 2. The molecule has 0 bridgehead atoms. The van der Waals surface area contributed by atoms with Crippen LogP contribution in [0.25, 0.3) is 0 Å². The number of carbonyl (C=O) groups is 1. The third-order valence-electron chi connectivity index (χ3n) is 7.09. The molecule has 28 heavy (non-hydrogen) atoms. The molecule has 0 unspecified atom stereocenters.